The van der Waals surface area contributed by atoms with E-state index in [1.54, 1.807) is 0 Å². The second-order valence-corrected chi connectivity index (χ2v) is 5.23. The van der Waals surface area contributed by atoms with Gasteiger partial charge in [-0.05, 0) is 44.4 Å². The van der Waals surface area contributed by atoms with E-state index in [1.807, 2.05) is 6.07 Å². The molecule has 1 atom stereocenters. The molecule has 0 bridgehead atoms. The van der Waals surface area contributed by atoms with Crippen LogP contribution in [0.2, 0.25) is 0 Å². The first kappa shape index (κ1) is 13.9. The Hall–Kier alpha value is -1.55. The summed E-state index contributed by atoms with van der Waals surface area (Å²) in [6.45, 7) is 6.39. The van der Waals surface area contributed by atoms with E-state index >= 15 is 0 Å². The summed E-state index contributed by atoms with van der Waals surface area (Å²) in [5.74, 6) is 0.0661. The van der Waals surface area contributed by atoms with Gasteiger partial charge in [0.05, 0.1) is 6.54 Å². The molecular formula is C15H23N3O. The summed E-state index contributed by atoms with van der Waals surface area (Å²) in [5, 5.41) is 9.60. The Bertz CT molecular complexity index is 419. The second kappa shape index (κ2) is 6.57. The van der Waals surface area contributed by atoms with Gasteiger partial charge in [0.25, 0.3) is 0 Å². The molecule has 1 aliphatic heterocycles. The van der Waals surface area contributed by atoms with Crippen molar-refractivity contribution in [2.75, 3.05) is 25.0 Å². The molecule has 4 nitrogen and oxygen atoms in total. The van der Waals surface area contributed by atoms with Crippen molar-refractivity contribution >= 4 is 11.6 Å². The van der Waals surface area contributed by atoms with Crippen LogP contribution < -0.4 is 16.0 Å². The fourth-order valence-corrected chi connectivity index (χ4v) is 2.52. The largest absolute Gasteiger partial charge is 0.376 e. The Morgan fingerprint density at radius 1 is 1.37 bits per heavy atom. The molecule has 1 aromatic carbocycles. The lowest BCUT2D eigenvalue weighted by Crippen LogP contribution is -2.47. The zero-order valence-corrected chi connectivity index (χ0v) is 11.8. The molecule has 1 heterocycles. The number of rotatable bonds is 4. The van der Waals surface area contributed by atoms with Crippen molar-refractivity contribution in [2.45, 2.75) is 32.7 Å². The summed E-state index contributed by atoms with van der Waals surface area (Å²) in [7, 11) is 0. The van der Waals surface area contributed by atoms with Gasteiger partial charge in [0.15, 0.2) is 0 Å². The highest BCUT2D eigenvalue weighted by molar-refractivity contribution is 5.81. The predicted molar refractivity (Wildman–Crippen MR) is 78.4 cm³/mol. The Morgan fingerprint density at radius 2 is 2.11 bits per heavy atom. The highest BCUT2D eigenvalue weighted by Crippen LogP contribution is 2.18. The number of nitrogens with one attached hydrogen (secondary N) is 3. The van der Waals surface area contributed by atoms with E-state index in [9.17, 15) is 4.79 Å². The van der Waals surface area contributed by atoms with Crippen molar-refractivity contribution in [3.63, 3.8) is 0 Å². The molecule has 3 N–H and O–H groups in total. The van der Waals surface area contributed by atoms with Gasteiger partial charge in [-0.2, -0.15) is 0 Å². The van der Waals surface area contributed by atoms with Gasteiger partial charge < -0.3 is 16.0 Å². The van der Waals surface area contributed by atoms with Crippen LogP contribution in [-0.4, -0.2) is 31.6 Å². The molecule has 2 rings (SSSR count). The van der Waals surface area contributed by atoms with Crippen LogP contribution in [-0.2, 0) is 4.79 Å². The summed E-state index contributed by atoms with van der Waals surface area (Å²) >= 11 is 0. The fourth-order valence-electron chi connectivity index (χ4n) is 2.52. The van der Waals surface area contributed by atoms with Crippen LogP contribution >= 0.6 is 0 Å². The third-order valence-corrected chi connectivity index (χ3v) is 3.57. The maximum atomic E-state index is 11.9. The molecule has 19 heavy (non-hydrogen) atoms. The van der Waals surface area contributed by atoms with Gasteiger partial charge in [0.1, 0.15) is 0 Å². The minimum Gasteiger partial charge on any atom is -0.376 e. The van der Waals surface area contributed by atoms with E-state index in [1.165, 1.54) is 11.1 Å². The van der Waals surface area contributed by atoms with Crippen LogP contribution in [0.4, 0.5) is 5.69 Å². The molecule has 0 spiro atoms. The number of amides is 1. The molecule has 0 aliphatic carbocycles. The van der Waals surface area contributed by atoms with Gasteiger partial charge in [-0.25, -0.2) is 0 Å². The number of hydrogen-bond acceptors (Lipinski definition) is 3. The number of para-hydroxylation sites is 1. The standard InChI is InChI=1S/C15H23N3O/c1-11-5-3-6-12(2)15(11)17-10-14(19)18-13-7-4-8-16-9-13/h3,5-6,13,16-17H,4,7-10H2,1-2H3,(H,18,19)/t13-/m0/s1. The number of carbonyl (C=O) groups is 1. The summed E-state index contributed by atoms with van der Waals surface area (Å²) in [4.78, 5) is 11.9. The predicted octanol–water partition coefficient (Wildman–Crippen LogP) is 1.58. The molecule has 1 aliphatic rings. The van der Waals surface area contributed by atoms with E-state index in [0.717, 1.165) is 31.6 Å². The SMILES string of the molecule is Cc1cccc(C)c1NCC(=O)N[C@H]1CCCNC1. The molecule has 0 unspecified atom stereocenters. The van der Waals surface area contributed by atoms with E-state index in [2.05, 4.69) is 41.9 Å². The molecular weight excluding hydrogens is 238 g/mol. The number of piperidine rings is 1. The smallest absolute Gasteiger partial charge is 0.239 e. The molecule has 4 heteroatoms. The van der Waals surface area contributed by atoms with Crippen LogP contribution in [0, 0.1) is 13.8 Å². The monoisotopic (exact) mass is 261 g/mol. The highest BCUT2D eigenvalue weighted by Gasteiger charge is 2.15. The van der Waals surface area contributed by atoms with E-state index in [0.29, 0.717) is 6.54 Å². The Balaban J connectivity index is 1.83. The van der Waals surface area contributed by atoms with Crippen LogP contribution in [0.5, 0.6) is 0 Å². The topological polar surface area (TPSA) is 53.2 Å². The highest BCUT2D eigenvalue weighted by atomic mass is 16.2. The minimum atomic E-state index is 0.0661. The van der Waals surface area contributed by atoms with Crippen molar-refractivity contribution in [1.82, 2.24) is 10.6 Å². The second-order valence-electron chi connectivity index (χ2n) is 5.23. The average molecular weight is 261 g/mol. The van der Waals surface area contributed by atoms with Crippen LogP contribution in [0.1, 0.15) is 24.0 Å². The van der Waals surface area contributed by atoms with Crippen molar-refractivity contribution in [3.8, 4) is 0 Å². The zero-order chi connectivity index (χ0) is 13.7. The van der Waals surface area contributed by atoms with E-state index < -0.39 is 0 Å². The lowest BCUT2D eigenvalue weighted by atomic mass is 10.1. The zero-order valence-electron chi connectivity index (χ0n) is 11.8. The number of aryl methyl sites for hydroxylation is 2. The van der Waals surface area contributed by atoms with Gasteiger partial charge in [0.2, 0.25) is 5.91 Å². The number of hydrogen-bond donors (Lipinski definition) is 3. The van der Waals surface area contributed by atoms with Crippen molar-refractivity contribution in [3.05, 3.63) is 29.3 Å². The Labute approximate surface area is 115 Å². The third kappa shape index (κ3) is 3.96. The third-order valence-electron chi connectivity index (χ3n) is 3.57. The molecule has 1 amide bonds. The van der Waals surface area contributed by atoms with Crippen molar-refractivity contribution < 1.29 is 4.79 Å². The van der Waals surface area contributed by atoms with Crippen LogP contribution in [0.15, 0.2) is 18.2 Å². The van der Waals surface area contributed by atoms with Gasteiger partial charge in [-0.1, -0.05) is 18.2 Å². The number of benzene rings is 1. The van der Waals surface area contributed by atoms with Gasteiger partial charge in [-0.15, -0.1) is 0 Å². The molecule has 1 fully saturated rings. The Morgan fingerprint density at radius 3 is 2.74 bits per heavy atom. The van der Waals surface area contributed by atoms with Crippen molar-refractivity contribution in [1.29, 1.82) is 0 Å². The number of carbonyl (C=O) groups excluding carboxylic acids is 1. The first-order valence-electron chi connectivity index (χ1n) is 6.97. The van der Waals surface area contributed by atoms with Crippen LogP contribution in [0.3, 0.4) is 0 Å². The van der Waals surface area contributed by atoms with Gasteiger partial charge in [-0.3, -0.25) is 4.79 Å². The lowest BCUT2D eigenvalue weighted by Gasteiger charge is -2.24. The van der Waals surface area contributed by atoms with E-state index in [4.69, 9.17) is 0 Å². The Kier molecular flexibility index (Phi) is 4.80. The van der Waals surface area contributed by atoms with Gasteiger partial charge >= 0.3 is 0 Å². The van der Waals surface area contributed by atoms with Crippen molar-refractivity contribution in [2.24, 2.45) is 0 Å². The lowest BCUT2D eigenvalue weighted by molar-refractivity contribution is -0.120. The molecule has 104 valence electrons. The molecule has 0 saturated carbocycles. The molecule has 0 radical (unpaired) electrons. The molecule has 0 aromatic heterocycles. The fraction of sp³-hybridized carbons (Fsp3) is 0.533. The average Bonchev–Trinajstić information content (AvgIpc) is 2.39. The van der Waals surface area contributed by atoms with E-state index in [-0.39, 0.29) is 11.9 Å². The quantitative estimate of drug-likeness (QED) is 0.771. The molecule has 1 aromatic rings. The summed E-state index contributed by atoms with van der Waals surface area (Å²) in [6, 6.07) is 6.42. The first-order chi connectivity index (χ1) is 9.16. The summed E-state index contributed by atoms with van der Waals surface area (Å²) in [6.07, 6.45) is 2.21. The summed E-state index contributed by atoms with van der Waals surface area (Å²) in [5.41, 5.74) is 3.42. The number of anilines is 1. The normalized spacial score (nSPS) is 18.9. The van der Waals surface area contributed by atoms with Crippen LogP contribution in [0.25, 0.3) is 0 Å². The first-order valence-corrected chi connectivity index (χ1v) is 6.97. The molecule has 1 saturated heterocycles. The van der Waals surface area contributed by atoms with Gasteiger partial charge in [0, 0.05) is 18.3 Å². The minimum absolute atomic E-state index is 0.0661. The maximum Gasteiger partial charge on any atom is 0.239 e. The summed E-state index contributed by atoms with van der Waals surface area (Å²) < 4.78 is 0. The maximum absolute atomic E-state index is 11.9.